The molecular formula is C17H31N3. The number of nitrogens with zero attached hydrogens (tertiary/aromatic N) is 2. The van der Waals surface area contributed by atoms with E-state index in [4.69, 9.17) is 5.10 Å². The summed E-state index contributed by atoms with van der Waals surface area (Å²) in [6.45, 7) is 8.86. The summed E-state index contributed by atoms with van der Waals surface area (Å²) in [5, 5.41) is 8.60. The number of hydrogen-bond donors (Lipinski definition) is 1. The molecule has 0 spiro atoms. The minimum absolute atomic E-state index is 0.309. The second kappa shape index (κ2) is 7.26. The van der Waals surface area contributed by atoms with Crippen molar-refractivity contribution >= 4 is 0 Å². The van der Waals surface area contributed by atoms with Crippen LogP contribution in [-0.4, -0.2) is 21.9 Å². The van der Waals surface area contributed by atoms with E-state index in [1.54, 1.807) is 0 Å². The highest BCUT2D eigenvalue weighted by molar-refractivity contribution is 5.14. The Balaban J connectivity index is 2.20. The molecule has 2 rings (SSSR count). The lowest BCUT2D eigenvalue weighted by Gasteiger charge is -2.34. The fourth-order valence-corrected chi connectivity index (χ4v) is 3.59. The summed E-state index contributed by atoms with van der Waals surface area (Å²) in [4.78, 5) is 0. The number of hydrogen-bond acceptors (Lipinski definition) is 2. The lowest BCUT2D eigenvalue weighted by atomic mass is 9.84. The normalized spacial score (nSPS) is 23.8. The zero-order valence-corrected chi connectivity index (χ0v) is 13.5. The number of aryl methyl sites for hydroxylation is 2. The molecule has 1 unspecified atom stereocenters. The molecule has 20 heavy (non-hydrogen) atoms. The minimum Gasteiger partial charge on any atom is -0.311 e. The van der Waals surface area contributed by atoms with Gasteiger partial charge in [0.2, 0.25) is 0 Å². The highest BCUT2D eigenvalue weighted by atomic mass is 15.3. The Bertz CT molecular complexity index is 400. The van der Waals surface area contributed by atoms with Crippen LogP contribution in [0.3, 0.4) is 0 Å². The molecule has 1 atom stereocenters. The molecule has 3 nitrogen and oxygen atoms in total. The quantitative estimate of drug-likeness (QED) is 0.859. The highest BCUT2D eigenvalue weighted by Crippen LogP contribution is 2.28. The van der Waals surface area contributed by atoms with Gasteiger partial charge in [-0.05, 0) is 45.2 Å². The summed E-state index contributed by atoms with van der Waals surface area (Å²) in [7, 11) is 0. The van der Waals surface area contributed by atoms with Crippen molar-refractivity contribution in [2.45, 2.75) is 84.2 Å². The second-order valence-electron chi connectivity index (χ2n) is 6.24. The van der Waals surface area contributed by atoms with E-state index in [0.717, 1.165) is 19.4 Å². The van der Waals surface area contributed by atoms with E-state index in [-0.39, 0.29) is 0 Å². The van der Waals surface area contributed by atoms with Crippen LogP contribution in [0.15, 0.2) is 6.07 Å². The molecule has 1 fully saturated rings. The fourth-order valence-electron chi connectivity index (χ4n) is 3.59. The van der Waals surface area contributed by atoms with Gasteiger partial charge in [0.25, 0.3) is 0 Å². The van der Waals surface area contributed by atoms with Crippen molar-refractivity contribution in [2.75, 3.05) is 6.54 Å². The van der Waals surface area contributed by atoms with Crippen LogP contribution in [0, 0.1) is 0 Å². The van der Waals surface area contributed by atoms with Crippen molar-refractivity contribution in [1.82, 2.24) is 15.1 Å². The molecule has 1 aromatic heterocycles. The lowest BCUT2D eigenvalue weighted by molar-refractivity contribution is 0.281. The van der Waals surface area contributed by atoms with Crippen LogP contribution in [-0.2, 0) is 19.4 Å². The largest absolute Gasteiger partial charge is 0.311 e. The Morgan fingerprint density at radius 3 is 2.80 bits per heavy atom. The molecule has 1 aliphatic heterocycles. The van der Waals surface area contributed by atoms with Crippen molar-refractivity contribution in [1.29, 1.82) is 0 Å². The Morgan fingerprint density at radius 2 is 2.10 bits per heavy atom. The first kappa shape index (κ1) is 15.6. The SMILES string of the molecule is CCCC1(Cc2cc(CC)nn2CC)CCCCCN1. The molecule has 0 aromatic carbocycles. The molecule has 0 amide bonds. The van der Waals surface area contributed by atoms with Crippen molar-refractivity contribution < 1.29 is 0 Å². The van der Waals surface area contributed by atoms with E-state index < -0.39 is 0 Å². The molecule has 0 saturated carbocycles. The second-order valence-corrected chi connectivity index (χ2v) is 6.24. The van der Waals surface area contributed by atoms with Crippen LogP contribution in [0.5, 0.6) is 0 Å². The lowest BCUT2D eigenvalue weighted by Crippen LogP contribution is -2.47. The van der Waals surface area contributed by atoms with Gasteiger partial charge < -0.3 is 5.32 Å². The van der Waals surface area contributed by atoms with Gasteiger partial charge in [-0.2, -0.15) is 5.10 Å². The van der Waals surface area contributed by atoms with Crippen LogP contribution < -0.4 is 5.32 Å². The van der Waals surface area contributed by atoms with Gasteiger partial charge in [-0.3, -0.25) is 4.68 Å². The molecule has 1 aliphatic rings. The first-order valence-electron chi connectivity index (χ1n) is 8.53. The van der Waals surface area contributed by atoms with Gasteiger partial charge >= 0.3 is 0 Å². The topological polar surface area (TPSA) is 29.9 Å². The highest BCUT2D eigenvalue weighted by Gasteiger charge is 2.31. The third-order valence-electron chi connectivity index (χ3n) is 4.66. The summed E-state index contributed by atoms with van der Waals surface area (Å²) in [6, 6.07) is 2.33. The van der Waals surface area contributed by atoms with Gasteiger partial charge in [-0.15, -0.1) is 0 Å². The third kappa shape index (κ3) is 3.63. The minimum atomic E-state index is 0.309. The Labute approximate surface area is 124 Å². The molecule has 0 aliphatic carbocycles. The zero-order valence-electron chi connectivity index (χ0n) is 13.5. The number of rotatable bonds is 6. The van der Waals surface area contributed by atoms with Gasteiger partial charge in [0.15, 0.2) is 0 Å². The molecule has 3 heteroatoms. The van der Waals surface area contributed by atoms with E-state index >= 15 is 0 Å². The summed E-state index contributed by atoms with van der Waals surface area (Å²) in [5.41, 5.74) is 2.97. The Hall–Kier alpha value is -0.830. The standard InChI is InChI=1S/C17H31N3/c1-4-10-17(11-8-7-9-12-18-17)14-16-13-15(5-2)19-20(16)6-3/h13,18H,4-12,14H2,1-3H3. The third-order valence-corrected chi connectivity index (χ3v) is 4.66. The van der Waals surface area contributed by atoms with Gasteiger partial charge in [0.05, 0.1) is 5.69 Å². The summed E-state index contributed by atoms with van der Waals surface area (Å²) in [6.07, 6.45) is 10.1. The van der Waals surface area contributed by atoms with Crippen molar-refractivity contribution in [3.63, 3.8) is 0 Å². The van der Waals surface area contributed by atoms with E-state index in [9.17, 15) is 0 Å². The van der Waals surface area contributed by atoms with Crippen LogP contribution in [0.2, 0.25) is 0 Å². The predicted octanol–water partition coefficient (Wildman–Crippen LogP) is 3.71. The Kier molecular flexibility index (Phi) is 5.64. The molecule has 1 aromatic rings. The van der Waals surface area contributed by atoms with Gasteiger partial charge in [0, 0.05) is 24.2 Å². The van der Waals surface area contributed by atoms with E-state index in [2.05, 4.69) is 36.8 Å². The molecule has 114 valence electrons. The number of aromatic nitrogens is 2. The molecule has 1 N–H and O–H groups in total. The van der Waals surface area contributed by atoms with Gasteiger partial charge in [0.1, 0.15) is 0 Å². The van der Waals surface area contributed by atoms with Crippen molar-refractivity contribution in [3.05, 3.63) is 17.5 Å². The average molecular weight is 277 g/mol. The predicted molar refractivity (Wildman–Crippen MR) is 85.1 cm³/mol. The Morgan fingerprint density at radius 1 is 1.25 bits per heavy atom. The van der Waals surface area contributed by atoms with Crippen LogP contribution >= 0.6 is 0 Å². The van der Waals surface area contributed by atoms with E-state index in [1.165, 1.54) is 56.5 Å². The van der Waals surface area contributed by atoms with E-state index in [1.807, 2.05) is 0 Å². The maximum Gasteiger partial charge on any atom is 0.0624 e. The summed E-state index contributed by atoms with van der Waals surface area (Å²) >= 11 is 0. The van der Waals surface area contributed by atoms with E-state index in [0.29, 0.717) is 5.54 Å². The monoisotopic (exact) mass is 277 g/mol. The van der Waals surface area contributed by atoms with Crippen molar-refractivity contribution in [3.8, 4) is 0 Å². The molecule has 2 heterocycles. The molecule has 0 radical (unpaired) electrons. The molecular weight excluding hydrogens is 246 g/mol. The van der Waals surface area contributed by atoms with Crippen LogP contribution in [0.4, 0.5) is 0 Å². The smallest absolute Gasteiger partial charge is 0.0624 e. The number of nitrogens with one attached hydrogen (secondary N) is 1. The fraction of sp³-hybridized carbons (Fsp3) is 0.824. The molecule has 0 bridgehead atoms. The first-order chi connectivity index (χ1) is 9.73. The average Bonchev–Trinajstić information content (AvgIpc) is 2.70. The first-order valence-corrected chi connectivity index (χ1v) is 8.53. The molecule has 1 saturated heterocycles. The maximum absolute atomic E-state index is 4.72. The van der Waals surface area contributed by atoms with Gasteiger partial charge in [-0.25, -0.2) is 0 Å². The summed E-state index contributed by atoms with van der Waals surface area (Å²) in [5.74, 6) is 0. The zero-order chi connectivity index (χ0) is 14.4. The van der Waals surface area contributed by atoms with Crippen LogP contribution in [0.1, 0.15) is 70.7 Å². The van der Waals surface area contributed by atoms with Gasteiger partial charge in [-0.1, -0.05) is 33.1 Å². The van der Waals surface area contributed by atoms with Crippen molar-refractivity contribution in [2.24, 2.45) is 0 Å². The maximum atomic E-state index is 4.72. The van der Waals surface area contributed by atoms with Crippen LogP contribution in [0.25, 0.3) is 0 Å². The summed E-state index contributed by atoms with van der Waals surface area (Å²) < 4.78 is 2.21.